The van der Waals surface area contributed by atoms with Gasteiger partial charge < -0.3 is 10.6 Å². The van der Waals surface area contributed by atoms with Crippen molar-refractivity contribution in [1.29, 1.82) is 0 Å². The summed E-state index contributed by atoms with van der Waals surface area (Å²) in [6, 6.07) is 0.523. The van der Waals surface area contributed by atoms with Gasteiger partial charge in [-0.15, -0.1) is 0 Å². The number of carbonyl (C=O) groups is 4. The summed E-state index contributed by atoms with van der Waals surface area (Å²) in [5.41, 5.74) is 0. The second kappa shape index (κ2) is 17.2. The summed E-state index contributed by atoms with van der Waals surface area (Å²) >= 11 is 0. The molecule has 0 aromatic carbocycles. The number of nitrogens with one attached hydrogen (secondary N) is 2. The van der Waals surface area contributed by atoms with E-state index >= 15 is 0 Å². The summed E-state index contributed by atoms with van der Waals surface area (Å²) in [6.45, 7) is 14.7. The number of hydrogen-bond donors (Lipinski definition) is 2. The monoisotopic (exact) mass is 387 g/mol. The highest BCUT2D eigenvalue weighted by molar-refractivity contribution is 6.13. The van der Waals surface area contributed by atoms with E-state index in [-0.39, 0.29) is 56.6 Å². The first-order chi connectivity index (χ1) is 11.4. The van der Waals surface area contributed by atoms with Crippen LogP contribution in [0.1, 0.15) is 76.7 Å². The van der Waals surface area contributed by atoms with E-state index in [1.165, 1.54) is 24.0 Å². The van der Waals surface area contributed by atoms with Gasteiger partial charge in [0.05, 0.1) is 0 Å². The van der Waals surface area contributed by atoms with E-state index in [0.29, 0.717) is 6.42 Å². The normalized spacial score (nSPS) is 11.7. The Balaban J connectivity index is -0.000000145. The average molecular weight is 388 g/mol. The Bertz CT molecular complexity index is 466. The highest BCUT2D eigenvalue weighted by Crippen LogP contribution is 2.07. The number of rotatable bonds is 4. The number of nitrogens with zero attached hydrogens (tertiary/aromatic N) is 1. The largest absolute Gasteiger partial charge is 0.354 e. The van der Waals surface area contributed by atoms with E-state index in [2.05, 4.69) is 10.6 Å². The predicted molar refractivity (Wildman–Crippen MR) is 112 cm³/mol. The summed E-state index contributed by atoms with van der Waals surface area (Å²) in [4.78, 5) is 43.6. The minimum Gasteiger partial charge on any atom is -0.354 e. The van der Waals surface area contributed by atoms with Crippen molar-refractivity contribution in [2.24, 2.45) is 0 Å². The third-order valence-electron chi connectivity index (χ3n) is 2.62. The van der Waals surface area contributed by atoms with E-state index in [1.807, 2.05) is 48.5 Å². The standard InChI is InChI=1S/C7H9NO2.C6H13NO.C5H11NO.2CH4/c1-5(2)8-6(9)3-4-7(8)10;1-4-6(8)7-5(2)3;1-4(2)6-5(3)7;;/h3-5H,1-2H3;5H,4H2,1-3H3,(H,7,8);4H,1-3H3,(H,6,7);2*1H4. The van der Waals surface area contributed by atoms with E-state index in [0.717, 1.165) is 0 Å². The topological polar surface area (TPSA) is 95.6 Å². The maximum absolute atomic E-state index is 10.8. The van der Waals surface area contributed by atoms with Crippen molar-refractivity contribution >= 4 is 23.6 Å². The number of carbonyl (C=O) groups excluding carboxylic acids is 4. The molecule has 1 rings (SSSR count). The van der Waals surface area contributed by atoms with E-state index in [9.17, 15) is 19.2 Å². The fourth-order valence-electron chi connectivity index (χ4n) is 1.75. The summed E-state index contributed by atoms with van der Waals surface area (Å²) in [5.74, 6) is -0.255. The van der Waals surface area contributed by atoms with Crippen LogP contribution in [0.3, 0.4) is 0 Å². The minimum atomic E-state index is -0.208. The van der Waals surface area contributed by atoms with Crippen molar-refractivity contribution in [1.82, 2.24) is 15.5 Å². The van der Waals surface area contributed by atoms with Crippen molar-refractivity contribution < 1.29 is 19.2 Å². The third-order valence-corrected chi connectivity index (χ3v) is 2.62. The van der Waals surface area contributed by atoms with Gasteiger partial charge in [-0.2, -0.15) is 0 Å². The van der Waals surface area contributed by atoms with Crippen LogP contribution >= 0.6 is 0 Å². The maximum atomic E-state index is 10.8. The Labute approximate surface area is 166 Å². The Morgan fingerprint density at radius 2 is 1.26 bits per heavy atom. The Morgan fingerprint density at radius 3 is 1.37 bits per heavy atom. The van der Waals surface area contributed by atoms with Crippen LogP contribution in [0.25, 0.3) is 0 Å². The SMILES string of the molecule is C.C.CC(=O)NC(C)C.CC(C)N1C(=O)C=CC1=O.CCC(=O)NC(C)C. The van der Waals surface area contributed by atoms with E-state index < -0.39 is 0 Å². The summed E-state index contributed by atoms with van der Waals surface area (Å²) in [6.07, 6.45) is 3.17. The molecule has 1 heterocycles. The van der Waals surface area contributed by atoms with Crippen LogP contribution in [0, 0.1) is 0 Å². The molecule has 0 fully saturated rings. The first-order valence-corrected chi connectivity index (χ1v) is 8.53. The molecule has 0 aliphatic carbocycles. The molecule has 1 aliphatic rings. The van der Waals surface area contributed by atoms with Gasteiger partial charge in [-0.25, -0.2) is 0 Å². The fourth-order valence-corrected chi connectivity index (χ4v) is 1.75. The van der Waals surface area contributed by atoms with Crippen molar-refractivity contribution in [2.45, 2.75) is 94.8 Å². The van der Waals surface area contributed by atoms with E-state index in [1.54, 1.807) is 0 Å². The van der Waals surface area contributed by atoms with Crippen LogP contribution in [0.5, 0.6) is 0 Å². The molecule has 1 aliphatic heterocycles. The molecule has 2 N–H and O–H groups in total. The molecule has 160 valence electrons. The fraction of sp³-hybridized carbons (Fsp3) is 0.700. The first-order valence-electron chi connectivity index (χ1n) is 8.53. The number of imide groups is 1. The summed E-state index contributed by atoms with van der Waals surface area (Å²) in [7, 11) is 0. The zero-order chi connectivity index (χ0) is 20.2. The smallest absolute Gasteiger partial charge is 0.253 e. The quantitative estimate of drug-likeness (QED) is 0.725. The van der Waals surface area contributed by atoms with Crippen LogP contribution in [-0.2, 0) is 19.2 Å². The van der Waals surface area contributed by atoms with Crippen molar-refractivity contribution in [2.75, 3.05) is 0 Å². The Kier molecular flexibility index (Phi) is 20.7. The van der Waals surface area contributed by atoms with Crippen molar-refractivity contribution in [3.8, 4) is 0 Å². The molecule has 0 saturated carbocycles. The molecule has 0 aromatic rings. The zero-order valence-corrected chi connectivity index (χ0v) is 16.7. The first kappa shape index (κ1) is 32.5. The lowest BCUT2D eigenvalue weighted by molar-refractivity contribution is -0.138. The molecule has 7 nitrogen and oxygen atoms in total. The molecule has 7 heteroatoms. The average Bonchev–Trinajstić information content (AvgIpc) is 2.77. The van der Waals surface area contributed by atoms with Gasteiger partial charge in [0.1, 0.15) is 0 Å². The van der Waals surface area contributed by atoms with Gasteiger partial charge >= 0.3 is 0 Å². The number of hydrogen-bond acceptors (Lipinski definition) is 4. The van der Waals surface area contributed by atoms with E-state index in [4.69, 9.17) is 0 Å². The van der Waals surface area contributed by atoms with Crippen LogP contribution in [0.4, 0.5) is 0 Å². The second-order valence-electron chi connectivity index (χ2n) is 6.40. The van der Waals surface area contributed by atoms with Gasteiger partial charge in [-0.1, -0.05) is 21.8 Å². The van der Waals surface area contributed by atoms with Crippen LogP contribution in [0.15, 0.2) is 12.2 Å². The molecule has 0 spiro atoms. The van der Waals surface area contributed by atoms with Crippen LogP contribution in [0.2, 0.25) is 0 Å². The molecule has 0 aromatic heterocycles. The molecule has 0 radical (unpaired) electrons. The Morgan fingerprint density at radius 1 is 0.889 bits per heavy atom. The molecular weight excluding hydrogens is 346 g/mol. The van der Waals surface area contributed by atoms with Crippen molar-refractivity contribution in [3.05, 3.63) is 12.2 Å². The molecule has 0 bridgehead atoms. The van der Waals surface area contributed by atoms with Gasteiger partial charge in [-0.05, 0) is 41.5 Å². The van der Waals surface area contributed by atoms with Crippen LogP contribution < -0.4 is 10.6 Å². The van der Waals surface area contributed by atoms with Gasteiger partial charge in [0.15, 0.2) is 0 Å². The lowest BCUT2D eigenvalue weighted by Gasteiger charge is -2.17. The van der Waals surface area contributed by atoms with Crippen molar-refractivity contribution in [3.63, 3.8) is 0 Å². The highest BCUT2D eigenvalue weighted by Gasteiger charge is 2.25. The van der Waals surface area contributed by atoms with Gasteiger partial charge in [0.2, 0.25) is 11.8 Å². The Hall–Kier alpha value is -2.18. The van der Waals surface area contributed by atoms with Gasteiger partial charge in [-0.3, -0.25) is 24.1 Å². The molecular formula is C20H41N3O4. The third kappa shape index (κ3) is 18.4. The highest BCUT2D eigenvalue weighted by atomic mass is 16.2. The summed E-state index contributed by atoms with van der Waals surface area (Å²) < 4.78 is 0. The summed E-state index contributed by atoms with van der Waals surface area (Å²) in [5, 5.41) is 5.42. The number of amides is 4. The molecule has 4 amide bonds. The van der Waals surface area contributed by atoms with Gasteiger partial charge in [0.25, 0.3) is 11.8 Å². The molecule has 0 unspecified atom stereocenters. The molecule has 27 heavy (non-hydrogen) atoms. The minimum absolute atomic E-state index is 0. The maximum Gasteiger partial charge on any atom is 0.253 e. The zero-order valence-electron chi connectivity index (χ0n) is 16.7. The molecule has 0 atom stereocenters. The lowest BCUT2D eigenvalue weighted by atomic mass is 10.3. The molecule has 0 saturated heterocycles. The lowest BCUT2D eigenvalue weighted by Crippen LogP contribution is -2.36. The predicted octanol–water partition coefficient (Wildman–Crippen LogP) is 3.04. The van der Waals surface area contributed by atoms with Crippen LogP contribution in [-0.4, -0.2) is 46.7 Å². The second-order valence-corrected chi connectivity index (χ2v) is 6.40. The van der Waals surface area contributed by atoms with Gasteiger partial charge in [0, 0.05) is 43.6 Å².